The van der Waals surface area contributed by atoms with Crippen LogP contribution in [0.4, 0.5) is 0 Å². The van der Waals surface area contributed by atoms with E-state index in [0.717, 1.165) is 4.24 Å². The molecule has 0 aliphatic heterocycles. The number of aromatic nitrogens is 1. The Bertz CT molecular complexity index is 450. The molecule has 0 saturated carbocycles. The zero-order valence-corrected chi connectivity index (χ0v) is 12.3. The molecule has 0 amide bonds. The predicted molar refractivity (Wildman–Crippen MR) is 78.0 cm³/mol. The van der Waals surface area contributed by atoms with Crippen LogP contribution in [-0.2, 0) is 5.60 Å². The number of hydrogen-bond acceptors (Lipinski definition) is 5. The SMILES string of the molecule is CSC(=CC(O)(c1cccnc1)C(C)C#N)SC. The number of hydrogen-bond donors (Lipinski definition) is 1. The molecule has 0 aliphatic rings. The first-order chi connectivity index (χ1) is 8.58. The van der Waals surface area contributed by atoms with Crippen LogP contribution in [0.3, 0.4) is 0 Å². The van der Waals surface area contributed by atoms with Crippen molar-refractivity contribution in [2.75, 3.05) is 12.5 Å². The zero-order chi connectivity index (χ0) is 13.6. The second-order valence-corrected chi connectivity index (χ2v) is 5.74. The van der Waals surface area contributed by atoms with Crippen LogP contribution in [0.25, 0.3) is 0 Å². The van der Waals surface area contributed by atoms with Gasteiger partial charge in [0.2, 0.25) is 0 Å². The topological polar surface area (TPSA) is 56.9 Å². The standard InChI is InChI=1S/C13H16N2OS2/c1-10(8-14)13(16,7-12(17-2)18-3)11-5-4-6-15-9-11/h4-7,9-10,16H,1-3H3. The summed E-state index contributed by atoms with van der Waals surface area (Å²) in [6.07, 6.45) is 8.89. The molecule has 18 heavy (non-hydrogen) atoms. The van der Waals surface area contributed by atoms with E-state index in [0.29, 0.717) is 5.56 Å². The van der Waals surface area contributed by atoms with Gasteiger partial charge >= 0.3 is 0 Å². The minimum atomic E-state index is -1.30. The predicted octanol–water partition coefficient (Wildman–Crippen LogP) is 3.00. The molecule has 1 N–H and O–H groups in total. The molecule has 1 rings (SSSR count). The lowest BCUT2D eigenvalue weighted by Gasteiger charge is -2.28. The summed E-state index contributed by atoms with van der Waals surface area (Å²) in [7, 11) is 0. The molecule has 3 nitrogen and oxygen atoms in total. The summed E-state index contributed by atoms with van der Waals surface area (Å²) in [5.74, 6) is -0.545. The van der Waals surface area contributed by atoms with Gasteiger partial charge < -0.3 is 5.11 Å². The number of nitrogens with zero attached hydrogens (tertiary/aromatic N) is 2. The van der Waals surface area contributed by atoms with Gasteiger partial charge in [0.05, 0.1) is 12.0 Å². The van der Waals surface area contributed by atoms with Crippen LogP contribution in [0.15, 0.2) is 34.8 Å². The lowest BCUT2D eigenvalue weighted by Crippen LogP contribution is -2.31. The van der Waals surface area contributed by atoms with Crippen molar-refractivity contribution < 1.29 is 5.11 Å². The molecule has 0 spiro atoms. The Hall–Kier alpha value is -0.960. The van der Waals surface area contributed by atoms with Crippen molar-refractivity contribution >= 4 is 23.5 Å². The first kappa shape index (κ1) is 15.1. The van der Waals surface area contributed by atoms with Gasteiger partial charge in [-0.25, -0.2) is 0 Å². The summed E-state index contributed by atoms with van der Waals surface area (Å²) in [4.78, 5) is 4.01. The molecule has 1 aromatic rings. The molecule has 0 fully saturated rings. The molecule has 2 unspecified atom stereocenters. The third-order valence-corrected chi connectivity index (χ3v) is 4.76. The fourth-order valence-electron chi connectivity index (χ4n) is 1.54. The van der Waals surface area contributed by atoms with Gasteiger partial charge in [-0.3, -0.25) is 4.98 Å². The van der Waals surface area contributed by atoms with Gasteiger partial charge in [-0.15, -0.1) is 23.5 Å². The minimum Gasteiger partial charge on any atom is -0.380 e. The number of thioether (sulfide) groups is 2. The summed E-state index contributed by atoms with van der Waals surface area (Å²) in [6.45, 7) is 1.71. The van der Waals surface area contributed by atoms with Gasteiger partial charge in [-0.1, -0.05) is 6.07 Å². The second-order valence-electron chi connectivity index (χ2n) is 3.79. The van der Waals surface area contributed by atoms with E-state index in [-0.39, 0.29) is 0 Å². The van der Waals surface area contributed by atoms with Crippen molar-refractivity contribution in [3.63, 3.8) is 0 Å². The number of nitriles is 1. The van der Waals surface area contributed by atoms with Crippen LogP contribution in [0.1, 0.15) is 12.5 Å². The summed E-state index contributed by atoms with van der Waals surface area (Å²) in [5.41, 5.74) is -0.663. The van der Waals surface area contributed by atoms with E-state index in [9.17, 15) is 5.11 Å². The van der Waals surface area contributed by atoms with Gasteiger partial charge in [-0.05, 0) is 31.6 Å². The van der Waals surface area contributed by atoms with Gasteiger partial charge in [0, 0.05) is 22.2 Å². The largest absolute Gasteiger partial charge is 0.380 e. The first-order valence-electron chi connectivity index (χ1n) is 5.41. The van der Waals surface area contributed by atoms with E-state index in [1.807, 2.05) is 12.5 Å². The van der Waals surface area contributed by atoms with Crippen LogP contribution < -0.4 is 0 Å². The zero-order valence-electron chi connectivity index (χ0n) is 10.6. The lowest BCUT2D eigenvalue weighted by atomic mass is 9.84. The fourth-order valence-corrected chi connectivity index (χ4v) is 2.80. The van der Waals surface area contributed by atoms with E-state index in [1.54, 1.807) is 61.0 Å². The highest BCUT2D eigenvalue weighted by Crippen LogP contribution is 2.36. The first-order valence-corrected chi connectivity index (χ1v) is 7.86. The Morgan fingerprint density at radius 3 is 2.67 bits per heavy atom. The number of pyridine rings is 1. The molecule has 0 saturated heterocycles. The van der Waals surface area contributed by atoms with Crippen LogP contribution in [0, 0.1) is 17.2 Å². The monoisotopic (exact) mass is 280 g/mol. The highest BCUT2D eigenvalue weighted by Gasteiger charge is 2.34. The van der Waals surface area contributed by atoms with Crippen molar-refractivity contribution in [2.24, 2.45) is 5.92 Å². The minimum absolute atomic E-state index is 0.545. The molecule has 5 heteroatoms. The van der Waals surface area contributed by atoms with E-state index in [2.05, 4.69) is 11.1 Å². The average Bonchev–Trinajstić information content (AvgIpc) is 2.44. The molecular weight excluding hydrogens is 264 g/mol. The Balaban J connectivity index is 3.29. The maximum absolute atomic E-state index is 10.8. The second kappa shape index (κ2) is 6.83. The molecule has 0 radical (unpaired) electrons. The van der Waals surface area contributed by atoms with Gasteiger partial charge in [0.1, 0.15) is 5.60 Å². The summed E-state index contributed by atoms with van der Waals surface area (Å²) < 4.78 is 0.975. The Kier molecular flexibility index (Phi) is 5.73. The smallest absolute Gasteiger partial charge is 0.127 e. The highest BCUT2D eigenvalue weighted by molar-refractivity contribution is 8.21. The molecular formula is C13H16N2OS2. The van der Waals surface area contributed by atoms with Crippen molar-refractivity contribution in [3.05, 3.63) is 40.4 Å². The third-order valence-electron chi connectivity index (χ3n) is 2.72. The summed E-state index contributed by atoms with van der Waals surface area (Å²) in [5, 5.41) is 19.9. The van der Waals surface area contributed by atoms with Gasteiger partial charge in [0.15, 0.2) is 0 Å². The maximum atomic E-state index is 10.8. The molecule has 1 aromatic heterocycles. The van der Waals surface area contributed by atoms with Crippen molar-refractivity contribution in [2.45, 2.75) is 12.5 Å². The Labute approximate surface area is 116 Å². The average molecular weight is 280 g/mol. The summed E-state index contributed by atoms with van der Waals surface area (Å²) in [6, 6.07) is 5.66. The van der Waals surface area contributed by atoms with E-state index >= 15 is 0 Å². The van der Waals surface area contributed by atoms with Crippen LogP contribution in [0.5, 0.6) is 0 Å². The molecule has 0 aliphatic carbocycles. The van der Waals surface area contributed by atoms with E-state index in [1.165, 1.54) is 0 Å². The molecule has 96 valence electrons. The van der Waals surface area contributed by atoms with Crippen molar-refractivity contribution in [1.29, 1.82) is 5.26 Å². The Morgan fingerprint density at radius 1 is 1.56 bits per heavy atom. The fraction of sp³-hybridized carbons (Fsp3) is 0.385. The van der Waals surface area contributed by atoms with E-state index in [4.69, 9.17) is 5.26 Å². The van der Waals surface area contributed by atoms with Crippen molar-refractivity contribution in [1.82, 2.24) is 4.98 Å². The number of aliphatic hydroxyl groups is 1. The third kappa shape index (κ3) is 3.29. The van der Waals surface area contributed by atoms with Crippen LogP contribution >= 0.6 is 23.5 Å². The van der Waals surface area contributed by atoms with E-state index < -0.39 is 11.5 Å². The lowest BCUT2D eigenvalue weighted by molar-refractivity contribution is 0.0544. The maximum Gasteiger partial charge on any atom is 0.127 e. The van der Waals surface area contributed by atoms with Crippen molar-refractivity contribution in [3.8, 4) is 6.07 Å². The normalized spacial score (nSPS) is 15.3. The number of rotatable bonds is 5. The Morgan fingerprint density at radius 2 is 2.22 bits per heavy atom. The van der Waals surface area contributed by atoms with Crippen LogP contribution in [-0.4, -0.2) is 22.6 Å². The molecule has 2 atom stereocenters. The van der Waals surface area contributed by atoms with Crippen LogP contribution in [0.2, 0.25) is 0 Å². The van der Waals surface area contributed by atoms with Gasteiger partial charge in [0.25, 0.3) is 0 Å². The van der Waals surface area contributed by atoms with Gasteiger partial charge in [-0.2, -0.15) is 5.26 Å². The highest BCUT2D eigenvalue weighted by atomic mass is 32.2. The quantitative estimate of drug-likeness (QED) is 0.898. The molecule has 0 bridgehead atoms. The summed E-state index contributed by atoms with van der Waals surface area (Å²) >= 11 is 3.11. The molecule has 0 aromatic carbocycles. The molecule has 1 heterocycles.